The molecule has 0 fully saturated rings. The highest BCUT2D eigenvalue weighted by molar-refractivity contribution is 5.26. The van der Waals surface area contributed by atoms with Crippen LogP contribution in [0.2, 0.25) is 0 Å². The number of quaternary nitrogens is 1. The predicted octanol–water partition coefficient (Wildman–Crippen LogP) is -1.55. The van der Waals surface area contributed by atoms with Gasteiger partial charge in [-0.1, -0.05) is 18.2 Å². The summed E-state index contributed by atoms with van der Waals surface area (Å²) in [5.74, 6) is 0. The van der Waals surface area contributed by atoms with Crippen molar-refractivity contribution in [3.05, 3.63) is 30.3 Å². The fraction of sp³-hybridized carbons (Fsp3) is 0.250. The number of para-hydroxylation sites is 1. The van der Waals surface area contributed by atoms with E-state index in [-0.39, 0.29) is 12.4 Å². The molecule has 5 heteroatoms. The van der Waals surface area contributed by atoms with Gasteiger partial charge in [0.25, 0.3) is 0 Å². The van der Waals surface area contributed by atoms with Crippen molar-refractivity contribution in [2.75, 3.05) is 6.54 Å². The van der Waals surface area contributed by atoms with Gasteiger partial charge in [0.2, 0.25) is 0 Å². The van der Waals surface area contributed by atoms with E-state index in [2.05, 4.69) is 0 Å². The van der Waals surface area contributed by atoms with E-state index in [1.165, 1.54) is 5.32 Å². The third kappa shape index (κ3) is 5.49. The van der Waals surface area contributed by atoms with Gasteiger partial charge >= 0.3 is 6.18 Å². The summed E-state index contributed by atoms with van der Waals surface area (Å²) in [6, 6.07) is 8.48. The monoisotopic (exact) mass is 211 g/mol. The van der Waals surface area contributed by atoms with Crippen LogP contribution in [0.3, 0.4) is 0 Å². The second kappa shape index (κ2) is 5.09. The molecule has 0 atom stereocenters. The standard InChI is InChI=1S/C8H8F3N.ClH/c9-8(10,11)6-12-7-4-2-1-3-5-7;/h1-5,12H,6H2;1H. The number of hydrogen-bond acceptors (Lipinski definition) is 0. The Labute approximate surface area is 80.4 Å². The third-order valence-corrected chi connectivity index (χ3v) is 1.37. The van der Waals surface area contributed by atoms with Crippen molar-refractivity contribution in [1.29, 1.82) is 0 Å². The first-order valence-corrected chi connectivity index (χ1v) is 3.53. The maximum absolute atomic E-state index is 11.7. The van der Waals surface area contributed by atoms with Gasteiger partial charge in [-0.3, -0.25) is 0 Å². The Bertz CT molecular complexity index is 235. The van der Waals surface area contributed by atoms with Gasteiger partial charge in [0.15, 0.2) is 6.54 Å². The molecule has 0 heterocycles. The summed E-state index contributed by atoms with van der Waals surface area (Å²) >= 11 is 0. The molecule has 0 radical (unpaired) electrons. The fourth-order valence-electron chi connectivity index (χ4n) is 0.823. The molecule has 0 saturated carbocycles. The van der Waals surface area contributed by atoms with E-state index in [0.29, 0.717) is 5.69 Å². The Morgan fingerprint density at radius 3 is 2.08 bits per heavy atom. The largest absolute Gasteiger partial charge is 1.00 e. The Hall–Kier alpha value is -0.740. The van der Waals surface area contributed by atoms with Crippen molar-refractivity contribution < 1.29 is 30.9 Å². The molecule has 0 spiro atoms. The van der Waals surface area contributed by atoms with E-state index in [1.807, 2.05) is 0 Å². The maximum atomic E-state index is 11.7. The highest BCUT2D eigenvalue weighted by Gasteiger charge is 2.29. The van der Waals surface area contributed by atoms with Crippen LogP contribution in [-0.4, -0.2) is 12.7 Å². The minimum absolute atomic E-state index is 0. The quantitative estimate of drug-likeness (QED) is 0.571. The summed E-state index contributed by atoms with van der Waals surface area (Å²) in [6.45, 7) is -0.864. The van der Waals surface area contributed by atoms with Crippen molar-refractivity contribution >= 4 is 5.69 Å². The van der Waals surface area contributed by atoms with Crippen LogP contribution in [0.4, 0.5) is 18.9 Å². The van der Waals surface area contributed by atoms with Gasteiger partial charge in [-0.2, -0.15) is 13.2 Å². The summed E-state index contributed by atoms with van der Waals surface area (Å²) < 4.78 is 35.1. The molecule has 74 valence electrons. The molecule has 0 saturated heterocycles. The van der Waals surface area contributed by atoms with Crippen LogP contribution in [0.25, 0.3) is 0 Å². The zero-order valence-corrected chi connectivity index (χ0v) is 7.44. The molecule has 1 aromatic rings. The average molecular weight is 212 g/mol. The number of nitrogens with two attached hydrogens (primary N) is 1. The second-order valence-corrected chi connectivity index (χ2v) is 2.43. The van der Waals surface area contributed by atoms with E-state index in [0.717, 1.165) is 0 Å². The van der Waals surface area contributed by atoms with Gasteiger partial charge in [-0.05, 0) is 12.1 Å². The van der Waals surface area contributed by atoms with Crippen LogP contribution in [0, 0.1) is 0 Å². The first kappa shape index (κ1) is 12.3. The Morgan fingerprint density at radius 1 is 1.08 bits per heavy atom. The molecule has 1 aromatic carbocycles. The lowest BCUT2D eigenvalue weighted by atomic mass is 10.3. The predicted molar refractivity (Wildman–Crippen MR) is 38.9 cm³/mol. The zero-order valence-electron chi connectivity index (χ0n) is 6.68. The van der Waals surface area contributed by atoms with Gasteiger partial charge in [-0.25, -0.2) is 0 Å². The van der Waals surface area contributed by atoms with Crippen LogP contribution >= 0.6 is 0 Å². The van der Waals surface area contributed by atoms with Crippen LogP contribution in [0.1, 0.15) is 0 Å². The second-order valence-electron chi connectivity index (χ2n) is 2.43. The first-order valence-electron chi connectivity index (χ1n) is 3.53. The van der Waals surface area contributed by atoms with E-state index in [4.69, 9.17) is 0 Å². The fourth-order valence-corrected chi connectivity index (χ4v) is 0.823. The molecular formula is C8H9ClF3N. The minimum Gasteiger partial charge on any atom is -1.00 e. The lowest BCUT2D eigenvalue weighted by Gasteiger charge is -2.03. The third-order valence-electron chi connectivity index (χ3n) is 1.37. The summed E-state index contributed by atoms with van der Waals surface area (Å²) in [7, 11) is 0. The lowest BCUT2D eigenvalue weighted by Crippen LogP contribution is -3.00. The molecule has 0 aliphatic carbocycles. The van der Waals surface area contributed by atoms with E-state index in [1.54, 1.807) is 30.3 Å². The zero-order chi connectivity index (χ0) is 9.03. The van der Waals surface area contributed by atoms with E-state index < -0.39 is 12.7 Å². The molecular weight excluding hydrogens is 203 g/mol. The molecule has 0 bridgehead atoms. The average Bonchev–Trinajstić information content (AvgIpc) is 2.02. The van der Waals surface area contributed by atoms with Crippen LogP contribution in [0.5, 0.6) is 0 Å². The van der Waals surface area contributed by atoms with Gasteiger partial charge in [0, 0.05) is 0 Å². The van der Waals surface area contributed by atoms with Gasteiger partial charge < -0.3 is 17.7 Å². The van der Waals surface area contributed by atoms with Crippen LogP contribution < -0.4 is 17.7 Å². The molecule has 0 aromatic heterocycles. The van der Waals surface area contributed by atoms with Crippen LogP contribution in [0.15, 0.2) is 30.3 Å². The SMILES string of the molecule is FC(F)(F)C[NH2+]c1ccccc1.[Cl-]. The van der Waals surface area contributed by atoms with Gasteiger partial charge in [-0.15, -0.1) is 0 Å². The van der Waals surface area contributed by atoms with Gasteiger partial charge in [0.05, 0.1) is 0 Å². The molecule has 0 aliphatic rings. The molecule has 0 aliphatic heterocycles. The molecule has 1 rings (SSSR count). The highest BCUT2D eigenvalue weighted by Crippen LogP contribution is 2.11. The number of hydrogen-bond donors (Lipinski definition) is 1. The van der Waals surface area contributed by atoms with Crippen molar-refractivity contribution in [3.8, 4) is 0 Å². The summed E-state index contributed by atoms with van der Waals surface area (Å²) in [5, 5.41) is 1.17. The normalized spacial score (nSPS) is 10.7. The molecule has 0 unspecified atom stereocenters. The van der Waals surface area contributed by atoms with E-state index in [9.17, 15) is 13.2 Å². The van der Waals surface area contributed by atoms with E-state index >= 15 is 0 Å². The Kier molecular flexibility index (Phi) is 4.80. The first-order chi connectivity index (χ1) is 5.58. The lowest BCUT2D eigenvalue weighted by molar-refractivity contribution is -0.600. The Balaban J connectivity index is 0.00000144. The maximum Gasteiger partial charge on any atom is 0.438 e. The molecule has 13 heavy (non-hydrogen) atoms. The molecule has 2 N–H and O–H groups in total. The number of benzene rings is 1. The topological polar surface area (TPSA) is 16.6 Å². The smallest absolute Gasteiger partial charge is 0.438 e. The Morgan fingerprint density at radius 2 is 1.62 bits per heavy atom. The van der Waals surface area contributed by atoms with Gasteiger partial charge in [0.1, 0.15) is 5.69 Å². The highest BCUT2D eigenvalue weighted by atomic mass is 35.5. The minimum atomic E-state index is -4.10. The van der Waals surface area contributed by atoms with Crippen molar-refractivity contribution in [3.63, 3.8) is 0 Å². The van der Waals surface area contributed by atoms with Crippen molar-refractivity contribution in [2.24, 2.45) is 0 Å². The number of alkyl halides is 3. The molecule has 0 amide bonds. The van der Waals surface area contributed by atoms with Crippen molar-refractivity contribution in [1.82, 2.24) is 0 Å². The number of rotatable bonds is 2. The molecule has 1 nitrogen and oxygen atoms in total. The van der Waals surface area contributed by atoms with Crippen LogP contribution in [-0.2, 0) is 0 Å². The summed E-state index contributed by atoms with van der Waals surface area (Å²) in [4.78, 5) is 0. The van der Waals surface area contributed by atoms with Crippen molar-refractivity contribution in [2.45, 2.75) is 6.18 Å². The summed E-state index contributed by atoms with van der Waals surface area (Å²) in [6.07, 6.45) is -4.10. The number of halogens is 4. The summed E-state index contributed by atoms with van der Waals surface area (Å²) in [5.41, 5.74) is 0.606.